The largest absolute Gasteiger partial charge is 0.398 e. The van der Waals surface area contributed by atoms with Crippen molar-refractivity contribution in [3.05, 3.63) is 76.6 Å². The number of aromatic nitrogens is 2. The molecule has 6 heteroatoms. The molecule has 0 aliphatic rings. The average Bonchev–Trinajstić information content (AvgIpc) is 2.98. The van der Waals surface area contributed by atoms with Crippen LogP contribution in [0.5, 0.6) is 0 Å². The Kier molecular flexibility index (Phi) is 3.57. The van der Waals surface area contributed by atoms with Gasteiger partial charge in [-0.25, -0.2) is 4.98 Å². The van der Waals surface area contributed by atoms with Crippen LogP contribution in [-0.4, -0.2) is 14.5 Å². The van der Waals surface area contributed by atoms with E-state index in [1.165, 1.54) is 12.1 Å². The smallest absolute Gasteiger partial charge is 0.270 e. The van der Waals surface area contributed by atoms with Crippen LogP contribution in [0.1, 0.15) is 5.56 Å². The van der Waals surface area contributed by atoms with Gasteiger partial charge in [0.25, 0.3) is 5.69 Å². The highest BCUT2D eigenvalue weighted by Gasteiger charge is 2.12. The van der Waals surface area contributed by atoms with Crippen LogP contribution in [0.3, 0.4) is 0 Å². The first-order chi connectivity index (χ1) is 10.6. The number of benzene rings is 2. The topological polar surface area (TPSA) is 87.0 Å². The Morgan fingerprint density at radius 2 is 2.00 bits per heavy atom. The lowest BCUT2D eigenvalue weighted by Gasteiger charge is -2.10. The second-order valence-electron chi connectivity index (χ2n) is 4.89. The van der Waals surface area contributed by atoms with Gasteiger partial charge in [0.05, 0.1) is 11.5 Å². The molecule has 1 aromatic heterocycles. The zero-order valence-electron chi connectivity index (χ0n) is 11.7. The summed E-state index contributed by atoms with van der Waals surface area (Å²) in [5.41, 5.74) is 8.40. The Morgan fingerprint density at radius 1 is 1.18 bits per heavy atom. The molecule has 0 saturated heterocycles. The van der Waals surface area contributed by atoms with E-state index in [1.54, 1.807) is 18.3 Å². The molecule has 0 spiro atoms. The van der Waals surface area contributed by atoms with Gasteiger partial charge in [0.1, 0.15) is 5.82 Å². The number of rotatable bonds is 4. The van der Waals surface area contributed by atoms with Crippen molar-refractivity contribution in [1.29, 1.82) is 0 Å². The van der Waals surface area contributed by atoms with Gasteiger partial charge in [-0.3, -0.25) is 10.1 Å². The number of anilines is 1. The molecule has 0 amide bonds. The molecular formula is C16H14N4O2. The molecular weight excluding hydrogens is 280 g/mol. The molecule has 2 aromatic carbocycles. The maximum absolute atomic E-state index is 10.9. The molecule has 2 N–H and O–H groups in total. The second-order valence-corrected chi connectivity index (χ2v) is 4.89. The molecule has 1 heterocycles. The number of nitro groups is 1. The minimum absolute atomic E-state index is 0.0475. The molecule has 0 fully saturated rings. The van der Waals surface area contributed by atoms with Crippen LogP contribution in [0.4, 0.5) is 11.4 Å². The quantitative estimate of drug-likeness (QED) is 0.455. The maximum atomic E-state index is 10.9. The molecule has 0 aliphatic heterocycles. The first kappa shape index (κ1) is 13.8. The standard InChI is InChI=1S/C16H14N4O2/c17-15-7-2-1-4-13(15)11-19-9-8-18-16(19)12-5-3-6-14(10-12)20(21)22/h1-10H,11,17H2. The Labute approximate surface area is 127 Å². The van der Waals surface area contributed by atoms with Gasteiger partial charge >= 0.3 is 0 Å². The van der Waals surface area contributed by atoms with Gasteiger partial charge in [0.15, 0.2) is 0 Å². The lowest BCUT2D eigenvalue weighted by Crippen LogP contribution is -2.04. The summed E-state index contributed by atoms with van der Waals surface area (Å²) in [4.78, 5) is 14.8. The molecule has 0 radical (unpaired) electrons. The van der Waals surface area contributed by atoms with Crippen LogP contribution >= 0.6 is 0 Å². The van der Waals surface area contributed by atoms with Gasteiger partial charge in [-0.15, -0.1) is 0 Å². The highest BCUT2D eigenvalue weighted by Crippen LogP contribution is 2.24. The van der Waals surface area contributed by atoms with Crippen LogP contribution in [0.15, 0.2) is 60.9 Å². The third-order valence-electron chi connectivity index (χ3n) is 3.43. The number of para-hydroxylation sites is 1. The fourth-order valence-corrected chi connectivity index (χ4v) is 2.32. The van der Waals surface area contributed by atoms with Gasteiger partial charge < -0.3 is 10.3 Å². The monoisotopic (exact) mass is 294 g/mol. The molecule has 3 rings (SSSR count). The molecule has 0 aliphatic carbocycles. The summed E-state index contributed by atoms with van der Waals surface area (Å²) in [6.45, 7) is 0.560. The Hall–Kier alpha value is -3.15. The molecule has 6 nitrogen and oxygen atoms in total. The van der Waals surface area contributed by atoms with Crippen molar-refractivity contribution < 1.29 is 4.92 Å². The molecule has 0 saturated carbocycles. The number of nitro benzene ring substituents is 1. The molecule has 22 heavy (non-hydrogen) atoms. The van der Waals surface area contributed by atoms with Crippen LogP contribution < -0.4 is 5.73 Å². The highest BCUT2D eigenvalue weighted by molar-refractivity contribution is 5.60. The lowest BCUT2D eigenvalue weighted by molar-refractivity contribution is -0.384. The van der Waals surface area contributed by atoms with Crippen LogP contribution in [0.25, 0.3) is 11.4 Å². The van der Waals surface area contributed by atoms with Crippen molar-refractivity contribution in [2.75, 3.05) is 5.73 Å². The molecule has 0 atom stereocenters. The van der Waals surface area contributed by atoms with Gasteiger partial charge in [-0.05, 0) is 11.6 Å². The molecule has 3 aromatic rings. The third-order valence-corrected chi connectivity index (χ3v) is 3.43. The minimum Gasteiger partial charge on any atom is -0.398 e. The average molecular weight is 294 g/mol. The van der Waals surface area contributed by atoms with E-state index in [4.69, 9.17) is 5.73 Å². The Morgan fingerprint density at radius 3 is 2.77 bits per heavy atom. The highest BCUT2D eigenvalue weighted by atomic mass is 16.6. The Bertz CT molecular complexity index is 826. The number of hydrogen-bond acceptors (Lipinski definition) is 4. The number of hydrogen-bond donors (Lipinski definition) is 1. The van der Waals surface area contributed by atoms with Gasteiger partial charge in [0, 0.05) is 35.8 Å². The maximum Gasteiger partial charge on any atom is 0.270 e. The van der Waals surface area contributed by atoms with E-state index in [1.807, 2.05) is 35.0 Å². The normalized spacial score (nSPS) is 10.5. The predicted molar refractivity (Wildman–Crippen MR) is 84.3 cm³/mol. The summed E-state index contributed by atoms with van der Waals surface area (Å²) in [5, 5.41) is 10.9. The number of nitrogen functional groups attached to an aromatic ring is 1. The van der Waals surface area contributed by atoms with Crippen molar-refractivity contribution in [1.82, 2.24) is 9.55 Å². The zero-order valence-corrected chi connectivity index (χ0v) is 11.7. The number of non-ortho nitro benzene ring substituents is 1. The van der Waals surface area contributed by atoms with Crippen molar-refractivity contribution in [3.8, 4) is 11.4 Å². The lowest BCUT2D eigenvalue weighted by atomic mass is 10.1. The summed E-state index contributed by atoms with van der Waals surface area (Å²) >= 11 is 0. The number of nitrogens with zero attached hydrogens (tertiary/aromatic N) is 3. The Balaban J connectivity index is 1.97. The molecule has 0 bridgehead atoms. The van der Waals surface area contributed by atoms with Gasteiger partial charge in [-0.1, -0.05) is 30.3 Å². The zero-order chi connectivity index (χ0) is 15.5. The van der Waals surface area contributed by atoms with Gasteiger partial charge in [0.2, 0.25) is 0 Å². The third kappa shape index (κ3) is 2.67. The van der Waals surface area contributed by atoms with Crippen molar-refractivity contribution in [2.24, 2.45) is 0 Å². The van der Waals surface area contributed by atoms with Crippen molar-refractivity contribution in [3.63, 3.8) is 0 Å². The fraction of sp³-hybridized carbons (Fsp3) is 0.0625. The van der Waals surface area contributed by atoms with E-state index in [9.17, 15) is 10.1 Å². The number of nitrogens with two attached hydrogens (primary N) is 1. The van der Waals surface area contributed by atoms with E-state index < -0.39 is 4.92 Å². The molecule has 110 valence electrons. The van der Waals surface area contributed by atoms with Crippen molar-refractivity contribution in [2.45, 2.75) is 6.54 Å². The summed E-state index contributed by atoms with van der Waals surface area (Å²) in [6.07, 6.45) is 3.51. The van der Waals surface area contributed by atoms with Crippen molar-refractivity contribution >= 4 is 11.4 Å². The van der Waals surface area contributed by atoms with Crippen LogP contribution in [0, 0.1) is 10.1 Å². The summed E-state index contributed by atoms with van der Waals surface area (Å²) in [5.74, 6) is 0.673. The second kappa shape index (κ2) is 5.69. The summed E-state index contributed by atoms with van der Waals surface area (Å²) < 4.78 is 1.92. The van der Waals surface area contributed by atoms with E-state index in [0.29, 0.717) is 23.6 Å². The summed E-state index contributed by atoms with van der Waals surface area (Å²) in [7, 11) is 0. The first-order valence-electron chi connectivity index (χ1n) is 6.74. The van der Waals surface area contributed by atoms with E-state index in [2.05, 4.69) is 4.98 Å². The fourth-order valence-electron chi connectivity index (χ4n) is 2.32. The first-order valence-corrected chi connectivity index (χ1v) is 6.74. The SMILES string of the molecule is Nc1ccccc1Cn1ccnc1-c1cccc([N+](=O)[O-])c1. The van der Waals surface area contributed by atoms with E-state index >= 15 is 0 Å². The molecule has 0 unspecified atom stereocenters. The minimum atomic E-state index is -0.411. The predicted octanol–water partition coefficient (Wildman–Crippen LogP) is 3.09. The van der Waals surface area contributed by atoms with E-state index in [-0.39, 0.29) is 5.69 Å². The van der Waals surface area contributed by atoms with Gasteiger partial charge in [-0.2, -0.15) is 0 Å². The summed E-state index contributed by atoms with van der Waals surface area (Å²) in [6, 6.07) is 14.1. The van der Waals surface area contributed by atoms with Crippen LogP contribution in [-0.2, 0) is 6.54 Å². The van der Waals surface area contributed by atoms with E-state index in [0.717, 1.165) is 5.56 Å². The van der Waals surface area contributed by atoms with Crippen LogP contribution in [0.2, 0.25) is 0 Å². The number of imidazole rings is 1.